The van der Waals surface area contributed by atoms with Crippen molar-refractivity contribution in [2.75, 3.05) is 25.0 Å². The molecule has 3 N–H and O–H groups in total. The predicted molar refractivity (Wildman–Crippen MR) is 81.0 cm³/mol. The molecule has 1 rings (SSSR count). The van der Waals surface area contributed by atoms with E-state index in [4.69, 9.17) is 18.0 Å². The minimum atomic E-state index is 0.321. The lowest BCUT2D eigenvalue weighted by Crippen LogP contribution is -2.35. The van der Waals surface area contributed by atoms with Crippen molar-refractivity contribution >= 4 is 22.9 Å². The number of likely N-dealkylation sites (N-methyl/N-ethyl adjacent to an activating group) is 1. The number of rotatable bonds is 7. The molecule has 0 bridgehead atoms. The zero-order valence-corrected chi connectivity index (χ0v) is 12.1. The summed E-state index contributed by atoms with van der Waals surface area (Å²) in [5.74, 6) is 0. The van der Waals surface area contributed by atoms with Gasteiger partial charge in [-0.2, -0.15) is 0 Å². The van der Waals surface area contributed by atoms with Crippen molar-refractivity contribution in [3.63, 3.8) is 0 Å². The van der Waals surface area contributed by atoms with Gasteiger partial charge in [-0.25, -0.2) is 0 Å². The maximum absolute atomic E-state index is 5.66. The molecule has 0 amide bonds. The van der Waals surface area contributed by atoms with E-state index in [0.29, 0.717) is 16.7 Å². The van der Waals surface area contributed by atoms with Crippen LogP contribution in [-0.2, 0) is 0 Å². The molecule has 0 radical (unpaired) electrons. The molecule has 0 spiro atoms. The van der Waals surface area contributed by atoms with E-state index in [1.165, 1.54) is 0 Å². The fraction of sp³-hybridized carbons (Fsp3) is 0.538. The van der Waals surface area contributed by atoms with Crippen LogP contribution >= 0.6 is 12.2 Å². The molecule has 100 valence electrons. The Morgan fingerprint density at radius 3 is 2.72 bits per heavy atom. The highest BCUT2D eigenvalue weighted by Gasteiger charge is 2.11. The molecule has 0 saturated carbocycles. The van der Waals surface area contributed by atoms with Gasteiger partial charge in [-0.15, -0.1) is 0 Å². The Morgan fingerprint density at radius 1 is 1.50 bits per heavy atom. The summed E-state index contributed by atoms with van der Waals surface area (Å²) in [7, 11) is 0. The van der Waals surface area contributed by atoms with Gasteiger partial charge in [0, 0.05) is 18.8 Å². The molecule has 0 saturated heterocycles. The Balaban J connectivity index is 2.69. The third-order valence-corrected chi connectivity index (χ3v) is 3.06. The summed E-state index contributed by atoms with van der Waals surface area (Å²) in [6, 6.07) is 4.16. The molecule has 18 heavy (non-hydrogen) atoms. The molecule has 0 aliphatic carbocycles. The Kier molecular flexibility index (Phi) is 6.01. The fourth-order valence-corrected chi connectivity index (χ4v) is 2.06. The molecule has 1 aromatic rings. The van der Waals surface area contributed by atoms with Crippen LogP contribution in [0.2, 0.25) is 0 Å². The van der Waals surface area contributed by atoms with Crippen LogP contribution < -0.4 is 11.1 Å². The van der Waals surface area contributed by atoms with E-state index in [9.17, 15) is 0 Å². The van der Waals surface area contributed by atoms with Crippen molar-refractivity contribution in [2.24, 2.45) is 5.73 Å². The summed E-state index contributed by atoms with van der Waals surface area (Å²) >= 11 is 5.00. The normalized spacial score (nSPS) is 12.4. The van der Waals surface area contributed by atoms with Gasteiger partial charge in [-0.3, -0.25) is 4.98 Å². The molecule has 0 aliphatic heterocycles. The third-order valence-electron chi connectivity index (χ3n) is 2.87. The van der Waals surface area contributed by atoms with Crippen LogP contribution in [0.5, 0.6) is 0 Å². The number of nitrogens with one attached hydrogen (secondary N) is 1. The molecular weight excluding hydrogens is 244 g/mol. The lowest BCUT2D eigenvalue weighted by molar-refractivity contribution is 0.295. The minimum Gasteiger partial charge on any atom is -0.388 e. The quantitative estimate of drug-likeness (QED) is 0.738. The molecule has 0 aliphatic rings. The van der Waals surface area contributed by atoms with Gasteiger partial charge in [0.2, 0.25) is 0 Å². The number of nitrogens with two attached hydrogens (primary N) is 1. The van der Waals surface area contributed by atoms with Crippen LogP contribution in [0.1, 0.15) is 26.5 Å². The second-order valence-electron chi connectivity index (χ2n) is 4.30. The Morgan fingerprint density at radius 2 is 2.17 bits per heavy atom. The van der Waals surface area contributed by atoms with E-state index in [1.54, 1.807) is 6.20 Å². The molecule has 0 fully saturated rings. The van der Waals surface area contributed by atoms with Crippen molar-refractivity contribution < 1.29 is 0 Å². The molecule has 0 aromatic carbocycles. The summed E-state index contributed by atoms with van der Waals surface area (Å²) in [4.78, 5) is 6.90. The van der Waals surface area contributed by atoms with Crippen molar-refractivity contribution in [3.8, 4) is 0 Å². The summed E-state index contributed by atoms with van der Waals surface area (Å²) in [5.41, 5.74) is 7.24. The maximum Gasteiger partial charge on any atom is 0.124 e. The van der Waals surface area contributed by atoms with Crippen molar-refractivity contribution in [1.29, 1.82) is 0 Å². The van der Waals surface area contributed by atoms with Gasteiger partial charge in [-0.1, -0.05) is 26.1 Å². The molecule has 1 aromatic heterocycles. The van der Waals surface area contributed by atoms with Crippen molar-refractivity contribution in [3.05, 3.63) is 24.0 Å². The van der Waals surface area contributed by atoms with Crippen molar-refractivity contribution in [1.82, 2.24) is 9.88 Å². The van der Waals surface area contributed by atoms with E-state index >= 15 is 0 Å². The highest BCUT2D eigenvalue weighted by molar-refractivity contribution is 7.80. The average molecular weight is 266 g/mol. The number of nitrogens with zero attached hydrogens (tertiary/aromatic N) is 2. The monoisotopic (exact) mass is 266 g/mol. The third kappa shape index (κ3) is 4.23. The summed E-state index contributed by atoms with van der Waals surface area (Å²) in [5, 5.41) is 3.42. The second-order valence-corrected chi connectivity index (χ2v) is 4.73. The first-order valence-electron chi connectivity index (χ1n) is 6.32. The zero-order valence-electron chi connectivity index (χ0n) is 11.3. The van der Waals surface area contributed by atoms with E-state index in [-0.39, 0.29) is 0 Å². The van der Waals surface area contributed by atoms with Gasteiger partial charge in [-0.05, 0) is 32.1 Å². The van der Waals surface area contributed by atoms with E-state index in [2.05, 4.69) is 36.0 Å². The van der Waals surface area contributed by atoms with Crippen LogP contribution in [-0.4, -0.2) is 40.5 Å². The van der Waals surface area contributed by atoms with Gasteiger partial charge >= 0.3 is 0 Å². The molecule has 1 heterocycles. The zero-order chi connectivity index (χ0) is 13.5. The SMILES string of the molecule is CCN(CC)CC(C)Nc1cccnc1C(N)=S. The average Bonchev–Trinajstić information content (AvgIpc) is 2.36. The topological polar surface area (TPSA) is 54.2 Å². The number of anilines is 1. The van der Waals surface area contributed by atoms with Gasteiger partial charge < -0.3 is 16.0 Å². The number of thiocarbonyl (C=S) groups is 1. The first-order valence-corrected chi connectivity index (χ1v) is 6.73. The standard InChI is InChI=1S/C13H22N4S/c1-4-17(5-2)9-10(3)16-11-7-6-8-15-12(11)13(14)18/h6-8,10,16H,4-5,9H2,1-3H3,(H2,14,18). The number of aromatic nitrogens is 1. The Labute approximate surface area is 115 Å². The number of hydrogen-bond acceptors (Lipinski definition) is 4. The fourth-order valence-electron chi connectivity index (χ4n) is 1.90. The van der Waals surface area contributed by atoms with Gasteiger partial charge in [0.25, 0.3) is 0 Å². The van der Waals surface area contributed by atoms with Crippen LogP contribution in [0.4, 0.5) is 5.69 Å². The van der Waals surface area contributed by atoms with Gasteiger partial charge in [0.05, 0.1) is 5.69 Å². The first-order chi connectivity index (χ1) is 8.58. The predicted octanol–water partition coefficient (Wildman–Crippen LogP) is 1.86. The lowest BCUT2D eigenvalue weighted by atomic mass is 10.2. The molecule has 5 heteroatoms. The highest BCUT2D eigenvalue weighted by Crippen LogP contribution is 2.13. The molecule has 1 atom stereocenters. The van der Waals surface area contributed by atoms with Crippen LogP contribution in [0.25, 0.3) is 0 Å². The molecular formula is C13H22N4S. The second kappa shape index (κ2) is 7.28. The van der Waals surface area contributed by atoms with E-state index in [0.717, 1.165) is 25.3 Å². The van der Waals surface area contributed by atoms with E-state index < -0.39 is 0 Å². The van der Waals surface area contributed by atoms with Gasteiger partial charge in [0.15, 0.2) is 0 Å². The highest BCUT2D eigenvalue weighted by atomic mass is 32.1. The van der Waals surface area contributed by atoms with Crippen LogP contribution in [0.15, 0.2) is 18.3 Å². The first kappa shape index (κ1) is 14.9. The van der Waals surface area contributed by atoms with E-state index in [1.807, 2.05) is 12.1 Å². The minimum absolute atomic E-state index is 0.321. The smallest absolute Gasteiger partial charge is 0.124 e. The van der Waals surface area contributed by atoms with Crippen LogP contribution in [0.3, 0.4) is 0 Å². The van der Waals surface area contributed by atoms with Crippen molar-refractivity contribution in [2.45, 2.75) is 26.8 Å². The Hall–Kier alpha value is -1.20. The number of pyridine rings is 1. The molecule has 4 nitrogen and oxygen atoms in total. The lowest BCUT2D eigenvalue weighted by Gasteiger charge is -2.24. The Bertz CT molecular complexity index is 390. The summed E-state index contributed by atoms with van der Waals surface area (Å²) in [6.45, 7) is 9.57. The largest absolute Gasteiger partial charge is 0.388 e. The number of hydrogen-bond donors (Lipinski definition) is 2. The van der Waals surface area contributed by atoms with Crippen LogP contribution in [0, 0.1) is 0 Å². The summed E-state index contributed by atoms with van der Waals surface area (Å²) < 4.78 is 0. The molecule has 1 unspecified atom stereocenters. The maximum atomic E-state index is 5.66. The summed E-state index contributed by atoms with van der Waals surface area (Å²) in [6.07, 6.45) is 1.70. The van der Waals surface area contributed by atoms with Gasteiger partial charge in [0.1, 0.15) is 10.7 Å².